The zero-order valence-corrected chi connectivity index (χ0v) is 9.94. The van der Waals surface area contributed by atoms with Gasteiger partial charge in [0, 0.05) is 5.69 Å². The van der Waals surface area contributed by atoms with Gasteiger partial charge in [-0.3, -0.25) is 0 Å². The first-order valence-electron chi connectivity index (χ1n) is 5.51. The molecule has 0 fully saturated rings. The fourth-order valence-corrected chi connectivity index (χ4v) is 1.65. The van der Waals surface area contributed by atoms with Gasteiger partial charge in [0.2, 0.25) is 0 Å². The summed E-state index contributed by atoms with van der Waals surface area (Å²) in [5.41, 5.74) is 3.52. The van der Waals surface area contributed by atoms with E-state index in [0.29, 0.717) is 16.8 Å². The summed E-state index contributed by atoms with van der Waals surface area (Å²) in [4.78, 5) is 0. The third-order valence-corrected chi connectivity index (χ3v) is 2.63. The van der Waals surface area contributed by atoms with E-state index in [0.717, 1.165) is 11.3 Å². The van der Waals surface area contributed by atoms with E-state index in [-0.39, 0.29) is 0 Å². The number of nitriles is 2. The van der Waals surface area contributed by atoms with Crippen LogP contribution >= 0.6 is 0 Å². The van der Waals surface area contributed by atoms with E-state index in [2.05, 4.69) is 17.5 Å². The van der Waals surface area contributed by atoms with Gasteiger partial charge in [0.05, 0.1) is 16.8 Å². The molecule has 0 saturated carbocycles. The maximum Gasteiger partial charge on any atom is 0.101 e. The van der Waals surface area contributed by atoms with Crippen LogP contribution < -0.4 is 5.32 Å². The summed E-state index contributed by atoms with van der Waals surface area (Å²) in [7, 11) is 0. The van der Waals surface area contributed by atoms with Crippen LogP contribution in [0.15, 0.2) is 42.5 Å². The number of nitrogens with zero attached hydrogens (tertiary/aromatic N) is 2. The van der Waals surface area contributed by atoms with Crippen LogP contribution in [0.4, 0.5) is 11.4 Å². The molecule has 0 saturated heterocycles. The average Bonchev–Trinajstić information content (AvgIpc) is 2.41. The van der Waals surface area contributed by atoms with E-state index >= 15 is 0 Å². The molecule has 0 heterocycles. The van der Waals surface area contributed by atoms with Crippen molar-refractivity contribution in [2.24, 2.45) is 0 Å². The van der Waals surface area contributed by atoms with E-state index < -0.39 is 0 Å². The Morgan fingerprint density at radius 2 is 1.44 bits per heavy atom. The predicted octanol–water partition coefficient (Wildman–Crippen LogP) is 3.48. The lowest BCUT2D eigenvalue weighted by Gasteiger charge is -2.10. The fraction of sp³-hybridized carbons (Fsp3) is 0.0667. The molecule has 0 bridgehead atoms. The smallest absolute Gasteiger partial charge is 0.101 e. The number of hydrogen-bond donors (Lipinski definition) is 1. The summed E-state index contributed by atoms with van der Waals surface area (Å²) in [6.07, 6.45) is 0. The first-order chi connectivity index (χ1) is 8.74. The third-order valence-electron chi connectivity index (χ3n) is 2.63. The average molecular weight is 233 g/mol. The summed E-state index contributed by atoms with van der Waals surface area (Å²) in [5, 5.41) is 21.2. The van der Waals surface area contributed by atoms with Crippen molar-refractivity contribution in [2.45, 2.75) is 6.92 Å². The van der Waals surface area contributed by atoms with Crippen molar-refractivity contribution in [3.63, 3.8) is 0 Å². The van der Waals surface area contributed by atoms with Gasteiger partial charge in [0.1, 0.15) is 12.1 Å². The Bertz CT molecular complexity index is 611. The molecule has 3 nitrogen and oxygen atoms in total. The molecular formula is C15H11N3. The molecule has 0 aromatic heterocycles. The van der Waals surface area contributed by atoms with Crippen molar-refractivity contribution in [3.8, 4) is 12.1 Å². The Hall–Kier alpha value is -2.78. The van der Waals surface area contributed by atoms with E-state index in [9.17, 15) is 0 Å². The van der Waals surface area contributed by atoms with Crippen LogP contribution in [-0.4, -0.2) is 0 Å². The highest BCUT2D eigenvalue weighted by Gasteiger charge is 2.07. The number of hydrogen-bond acceptors (Lipinski definition) is 3. The molecule has 1 N–H and O–H groups in total. The van der Waals surface area contributed by atoms with Crippen LogP contribution in [0, 0.1) is 29.6 Å². The van der Waals surface area contributed by atoms with Crippen molar-refractivity contribution >= 4 is 11.4 Å². The quantitative estimate of drug-likeness (QED) is 0.863. The summed E-state index contributed by atoms with van der Waals surface area (Å²) in [6, 6.07) is 17.1. The molecule has 0 aliphatic rings. The van der Waals surface area contributed by atoms with Crippen molar-refractivity contribution in [1.82, 2.24) is 0 Å². The van der Waals surface area contributed by atoms with Crippen LogP contribution in [-0.2, 0) is 0 Å². The highest BCUT2D eigenvalue weighted by Crippen LogP contribution is 2.24. The second kappa shape index (κ2) is 5.03. The molecule has 86 valence electrons. The molecule has 0 unspecified atom stereocenters. The van der Waals surface area contributed by atoms with Gasteiger partial charge in [0.15, 0.2) is 0 Å². The molecule has 0 radical (unpaired) electrons. The van der Waals surface area contributed by atoms with Crippen molar-refractivity contribution in [2.75, 3.05) is 5.32 Å². The highest BCUT2D eigenvalue weighted by atomic mass is 14.9. The number of benzene rings is 2. The maximum atomic E-state index is 9.06. The SMILES string of the molecule is Cc1ccc(Nc2c(C#N)cccc2C#N)cc1. The molecule has 18 heavy (non-hydrogen) atoms. The number of para-hydroxylation sites is 1. The summed E-state index contributed by atoms with van der Waals surface area (Å²) >= 11 is 0. The van der Waals surface area contributed by atoms with Gasteiger partial charge in [-0.05, 0) is 31.2 Å². The lowest BCUT2D eigenvalue weighted by Crippen LogP contribution is -1.96. The lowest BCUT2D eigenvalue weighted by atomic mass is 10.1. The molecule has 3 heteroatoms. The topological polar surface area (TPSA) is 59.6 Å². The van der Waals surface area contributed by atoms with E-state index in [1.807, 2.05) is 31.2 Å². The number of nitrogens with one attached hydrogen (secondary N) is 1. The van der Waals surface area contributed by atoms with Crippen LogP contribution in [0.1, 0.15) is 16.7 Å². The Balaban J connectivity index is 2.43. The molecule has 0 spiro atoms. The Morgan fingerprint density at radius 1 is 0.889 bits per heavy atom. The van der Waals surface area contributed by atoms with Gasteiger partial charge in [0.25, 0.3) is 0 Å². The van der Waals surface area contributed by atoms with Gasteiger partial charge < -0.3 is 5.32 Å². The largest absolute Gasteiger partial charge is 0.353 e. The van der Waals surface area contributed by atoms with E-state index in [1.54, 1.807) is 18.2 Å². The van der Waals surface area contributed by atoms with E-state index in [4.69, 9.17) is 10.5 Å². The monoisotopic (exact) mass is 233 g/mol. The molecule has 2 aromatic carbocycles. The second-order valence-corrected chi connectivity index (χ2v) is 3.94. The molecule has 2 rings (SSSR count). The van der Waals surface area contributed by atoms with Crippen molar-refractivity contribution in [1.29, 1.82) is 10.5 Å². The zero-order valence-electron chi connectivity index (χ0n) is 9.94. The summed E-state index contributed by atoms with van der Waals surface area (Å²) in [6.45, 7) is 2.01. The summed E-state index contributed by atoms with van der Waals surface area (Å²) < 4.78 is 0. The first-order valence-corrected chi connectivity index (χ1v) is 5.51. The van der Waals surface area contributed by atoms with Crippen LogP contribution in [0.5, 0.6) is 0 Å². The van der Waals surface area contributed by atoms with E-state index in [1.165, 1.54) is 0 Å². The minimum absolute atomic E-state index is 0.467. The fourth-order valence-electron chi connectivity index (χ4n) is 1.65. The van der Waals surface area contributed by atoms with Gasteiger partial charge in [-0.1, -0.05) is 23.8 Å². The van der Waals surface area contributed by atoms with Gasteiger partial charge in [-0.25, -0.2) is 0 Å². The minimum Gasteiger partial charge on any atom is -0.353 e. The standard InChI is InChI=1S/C15H11N3/c1-11-5-7-14(8-6-11)18-15-12(9-16)3-2-4-13(15)10-17/h2-8,18H,1H3. The molecule has 0 aliphatic carbocycles. The third kappa shape index (κ3) is 2.31. The minimum atomic E-state index is 0.467. The van der Waals surface area contributed by atoms with Gasteiger partial charge >= 0.3 is 0 Å². The maximum absolute atomic E-state index is 9.06. The molecule has 2 aromatic rings. The van der Waals surface area contributed by atoms with Gasteiger partial charge in [-0.15, -0.1) is 0 Å². The highest BCUT2D eigenvalue weighted by molar-refractivity contribution is 5.72. The van der Waals surface area contributed by atoms with Crippen LogP contribution in [0.25, 0.3) is 0 Å². The second-order valence-electron chi connectivity index (χ2n) is 3.94. The van der Waals surface area contributed by atoms with Crippen LogP contribution in [0.2, 0.25) is 0 Å². The molecule has 0 amide bonds. The Labute approximate surface area is 106 Å². The Morgan fingerprint density at radius 3 is 1.94 bits per heavy atom. The van der Waals surface area contributed by atoms with Crippen molar-refractivity contribution in [3.05, 3.63) is 59.2 Å². The van der Waals surface area contributed by atoms with Gasteiger partial charge in [-0.2, -0.15) is 10.5 Å². The molecular weight excluding hydrogens is 222 g/mol. The number of rotatable bonds is 2. The predicted molar refractivity (Wildman–Crippen MR) is 70.3 cm³/mol. The summed E-state index contributed by atoms with van der Waals surface area (Å²) in [5.74, 6) is 0. The van der Waals surface area contributed by atoms with Crippen molar-refractivity contribution < 1.29 is 0 Å². The molecule has 0 aliphatic heterocycles. The number of anilines is 2. The molecule has 0 atom stereocenters. The first kappa shape index (κ1) is 11.7. The zero-order chi connectivity index (χ0) is 13.0. The normalized spacial score (nSPS) is 9.28. The van der Waals surface area contributed by atoms with Crippen LogP contribution in [0.3, 0.4) is 0 Å². The lowest BCUT2D eigenvalue weighted by molar-refractivity contribution is 1.41. The number of aryl methyl sites for hydroxylation is 1. The Kier molecular flexibility index (Phi) is 3.27.